The number of allylic oxidation sites excluding steroid dienone is 4. The van der Waals surface area contributed by atoms with Crippen LogP contribution in [0.5, 0.6) is 0 Å². The number of nitrogens with zero attached hydrogens (tertiary/aromatic N) is 1. The Balaban J connectivity index is 4.20. The second-order valence-electron chi connectivity index (χ2n) is 17.5. The fraction of sp³-hybridized carbons (Fsp3) is 0.875. The van der Waals surface area contributed by atoms with E-state index in [2.05, 4.69) is 38.2 Å². The summed E-state index contributed by atoms with van der Waals surface area (Å²) in [5, 5.41) is 0. The van der Waals surface area contributed by atoms with Gasteiger partial charge in [0.2, 0.25) is 0 Å². The van der Waals surface area contributed by atoms with Gasteiger partial charge in [-0.2, -0.15) is 0 Å². The van der Waals surface area contributed by atoms with Gasteiger partial charge in [-0.15, -0.1) is 0 Å². The van der Waals surface area contributed by atoms with Crippen molar-refractivity contribution in [3.05, 3.63) is 24.3 Å². The van der Waals surface area contributed by atoms with Crippen molar-refractivity contribution < 1.29 is 42.1 Å². The second kappa shape index (κ2) is 40.9. The van der Waals surface area contributed by atoms with Crippen LogP contribution in [0.4, 0.5) is 0 Å². The Hall–Kier alpha value is -1.51. The van der Waals surface area contributed by atoms with E-state index in [1.165, 1.54) is 128 Å². The molecule has 0 aromatic rings. The number of hydrogen-bond donors (Lipinski definition) is 0. The first-order chi connectivity index (χ1) is 28.0. The summed E-state index contributed by atoms with van der Waals surface area (Å²) in [5.74, 6) is -0.877. The number of hydrogen-bond acceptors (Lipinski definition) is 8. The Morgan fingerprint density at radius 1 is 0.517 bits per heavy atom. The van der Waals surface area contributed by atoms with Crippen LogP contribution in [-0.4, -0.2) is 70.0 Å². The number of phosphoric acid groups is 1. The minimum Gasteiger partial charge on any atom is -0.756 e. The number of rotatable bonds is 44. The predicted octanol–water partition coefficient (Wildman–Crippen LogP) is 13.3. The Bertz CT molecular complexity index is 1040. The maximum atomic E-state index is 12.6. The van der Waals surface area contributed by atoms with Gasteiger partial charge in [-0.3, -0.25) is 14.2 Å². The maximum Gasteiger partial charge on any atom is 0.306 e. The molecule has 0 aliphatic rings. The molecular weight excluding hydrogens is 750 g/mol. The molecule has 0 spiro atoms. The molecule has 0 aromatic heterocycles. The Morgan fingerprint density at radius 3 is 1.38 bits per heavy atom. The summed E-state index contributed by atoms with van der Waals surface area (Å²) in [5.41, 5.74) is 0. The summed E-state index contributed by atoms with van der Waals surface area (Å²) < 4.78 is 33.9. The summed E-state index contributed by atoms with van der Waals surface area (Å²) in [6.45, 7) is 4.17. The molecule has 1 unspecified atom stereocenters. The number of ether oxygens (including phenoxy) is 2. The molecule has 10 heteroatoms. The molecule has 58 heavy (non-hydrogen) atoms. The molecule has 0 bridgehead atoms. The van der Waals surface area contributed by atoms with Crippen molar-refractivity contribution in [1.29, 1.82) is 0 Å². The number of quaternary nitrogens is 1. The molecule has 0 amide bonds. The van der Waals surface area contributed by atoms with Crippen molar-refractivity contribution in [2.24, 2.45) is 0 Å². The molecule has 2 atom stereocenters. The van der Waals surface area contributed by atoms with E-state index >= 15 is 0 Å². The van der Waals surface area contributed by atoms with E-state index in [1.54, 1.807) is 0 Å². The van der Waals surface area contributed by atoms with Crippen molar-refractivity contribution in [3.63, 3.8) is 0 Å². The summed E-state index contributed by atoms with van der Waals surface area (Å²) in [6.07, 6.45) is 45.2. The number of unbranched alkanes of at least 4 members (excludes halogenated alkanes) is 26. The Morgan fingerprint density at radius 2 is 0.914 bits per heavy atom. The van der Waals surface area contributed by atoms with Crippen LogP contribution < -0.4 is 4.89 Å². The van der Waals surface area contributed by atoms with E-state index in [1.807, 2.05) is 21.1 Å². The van der Waals surface area contributed by atoms with Gasteiger partial charge in [0.1, 0.15) is 19.8 Å². The van der Waals surface area contributed by atoms with Crippen LogP contribution in [0, 0.1) is 0 Å². The molecule has 0 radical (unpaired) electrons. The molecule has 0 rings (SSSR count). The summed E-state index contributed by atoms with van der Waals surface area (Å²) in [4.78, 5) is 37.5. The monoisotopic (exact) mass is 842 g/mol. The zero-order chi connectivity index (χ0) is 42.8. The fourth-order valence-electron chi connectivity index (χ4n) is 6.64. The van der Waals surface area contributed by atoms with Crippen molar-refractivity contribution >= 4 is 19.8 Å². The lowest BCUT2D eigenvalue weighted by atomic mass is 10.0. The molecule has 9 nitrogen and oxygen atoms in total. The van der Waals surface area contributed by atoms with Crippen LogP contribution in [-0.2, 0) is 32.7 Å². The van der Waals surface area contributed by atoms with E-state index in [9.17, 15) is 19.0 Å². The van der Waals surface area contributed by atoms with Gasteiger partial charge in [0.25, 0.3) is 7.82 Å². The number of esters is 2. The van der Waals surface area contributed by atoms with E-state index in [0.717, 1.165) is 51.4 Å². The molecule has 342 valence electrons. The zero-order valence-electron chi connectivity index (χ0n) is 38.5. The van der Waals surface area contributed by atoms with Gasteiger partial charge >= 0.3 is 11.9 Å². The molecule has 0 aromatic carbocycles. The molecular formula is C48H92NO8P. The maximum absolute atomic E-state index is 12.6. The lowest BCUT2D eigenvalue weighted by Gasteiger charge is -2.28. The van der Waals surface area contributed by atoms with Gasteiger partial charge < -0.3 is 27.9 Å². The molecule has 0 aliphatic carbocycles. The molecule has 0 saturated carbocycles. The van der Waals surface area contributed by atoms with Crippen LogP contribution in [0.3, 0.4) is 0 Å². The largest absolute Gasteiger partial charge is 0.756 e. The van der Waals surface area contributed by atoms with E-state index < -0.39 is 32.5 Å². The fourth-order valence-corrected chi connectivity index (χ4v) is 7.37. The highest BCUT2D eigenvalue weighted by molar-refractivity contribution is 7.45. The first kappa shape index (κ1) is 56.5. The predicted molar refractivity (Wildman–Crippen MR) is 241 cm³/mol. The van der Waals surface area contributed by atoms with Crippen molar-refractivity contribution in [2.45, 2.75) is 225 Å². The van der Waals surface area contributed by atoms with Crippen LogP contribution >= 0.6 is 7.82 Å². The third-order valence-electron chi connectivity index (χ3n) is 10.4. The van der Waals surface area contributed by atoms with Crippen molar-refractivity contribution in [3.8, 4) is 0 Å². The van der Waals surface area contributed by atoms with Gasteiger partial charge in [0.05, 0.1) is 27.7 Å². The van der Waals surface area contributed by atoms with Crippen LogP contribution in [0.1, 0.15) is 219 Å². The first-order valence-corrected chi connectivity index (χ1v) is 25.5. The molecule has 0 aliphatic heterocycles. The summed E-state index contributed by atoms with van der Waals surface area (Å²) in [7, 11) is 1.15. The summed E-state index contributed by atoms with van der Waals surface area (Å²) in [6, 6.07) is 0. The highest BCUT2D eigenvalue weighted by atomic mass is 31.2. The molecule has 0 saturated heterocycles. The third-order valence-corrected chi connectivity index (χ3v) is 11.4. The van der Waals surface area contributed by atoms with Crippen LogP contribution in [0.2, 0.25) is 0 Å². The van der Waals surface area contributed by atoms with Crippen molar-refractivity contribution in [2.75, 3.05) is 47.5 Å². The van der Waals surface area contributed by atoms with Crippen LogP contribution in [0.25, 0.3) is 0 Å². The van der Waals surface area contributed by atoms with E-state index in [-0.39, 0.29) is 26.1 Å². The molecule has 0 heterocycles. The summed E-state index contributed by atoms with van der Waals surface area (Å²) >= 11 is 0. The smallest absolute Gasteiger partial charge is 0.306 e. The minimum atomic E-state index is -4.63. The molecule has 0 fully saturated rings. The average molecular weight is 842 g/mol. The van der Waals surface area contributed by atoms with Gasteiger partial charge in [-0.05, 0) is 51.4 Å². The minimum absolute atomic E-state index is 0.0348. The Kier molecular flexibility index (Phi) is 39.8. The number of phosphoric ester groups is 1. The lowest BCUT2D eigenvalue weighted by Crippen LogP contribution is -2.37. The Labute approximate surface area is 358 Å². The second-order valence-corrected chi connectivity index (χ2v) is 18.9. The topological polar surface area (TPSA) is 111 Å². The number of carbonyl (C=O) groups excluding carboxylic acids is 2. The average Bonchev–Trinajstić information content (AvgIpc) is 3.17. The third kappa shape index (κ3) is 44.1. The highest BCUT2D eigenvalue weighted by Gasteiger charge is 2.21. The lowest BCUT2D eigenvalue weighted by molar-refractivity contribution is -0.870. The highest BCUT2D eigenvalue weighted by Crippen LogP contribution is 2.38. The zero-order valence-corrected chi connectivity index (χ0v) is 39.4. The van der Waals surface area contributed by atoms with E-state index in [0.29, 0.717) is 23.9 Å². The van der Waals surface area contributed by atoms with Gasteiger partial charge in [0, 0.05) is 12.8 Å². The standard InChI is InChI=1S/C48H92NO8P/c1-6-8-10-12-14-16-18-19-20-21-22-23-24-25-26-27-28-29-31-32-34-36-38-40-47(50)54-44-46(45-56-58(52,53)55-43-42-49(3,4)5)57-48(51)41-39-37-35-33-30-17-15-13-11-9-7-2/h13,15,32,34,46H,6-12,14,16-31,33,35-45H2,1-5H3/b15-13+,34-32+/t46-/m0/s1. The van der Waals surface area contributed by atoms with Gasteiger partial charge in [-0.25, -0.2) is 0 Å². The van der Waals surface area contributed by atoms with Gasteiger partial charge in [0.15, 0.2) is 6.10 Å². The first-order valence-electron chi connectivity index (χ1n) is 24.0. The van der Waals surface area contributed by atoms with Crippen molar-refractivity contribution in [1.82, 2.24) is 0 Å². The van der Waals surface area contributed by atoms with Crippen LogP contribution in [0.15, 0.2) is 24.3 Å². The number of likely N-dealkylation sites (N-methyl/N-ethyl adjacent to an activating group) is 1. The SMILES string of the molecule is CCCC/C=C/CCCCCCCC(=O)O[C@@H](COC(=O)CCC/C=C/CCCCCCCCCCCCCCCCCCCC)COP(=O)([O-])OCC[N+](C)(C)C. The normalized spacial score (nSPS) is 13.7. The molecule has 0 N–H and O–H groups in total. The van der Waals surface area contributed by atoms with Gasteiger partial charge in [-0.1, -0.05) is 179 Å². The van der Waals surface area contributed by atoms with E-state index in [4.69, 9.17) is 18.5 Å². The quantitative estimate of drug-likeness (QED) is 0.0196. The number of carbonyl (C=O) groups is 2.